The van der Waals surface area contributed by atoms with E-state index in [1.165, 1.54) is 25.2 Å². The fourth-order valence-corrected chi connectivity index (χ4v) is 3.77. The zero-order valence-electron chi connectivity index (χ0n) is 18.2. The highest BCUT2D eigenvalue weighted by Crippen LogP contribution is 2.38. The third kappa shape index (κ3) is 7.24. The average molecular weight is 570 g/mol. The van der Waals surface area contributed by atoms with E-state index in [0.29, 0.717) is 18.3 Å². The molecule has 1 aromatic heterocycles. The number of carbonyl (C=O) groups is 1. The number of ether oxygens (including phenoxy) is 2. The third-order valence-corrected chi connectivity index (χ3v) is 6.14. The summed E-state index contributed by atoms with van der Waals surface area (Å²) in [5, 5.41) is 1.85. The van der Waals surface area contributed by atoms with Crippen molar-refractivity contribution in [3.05, 3.63) is 71.0 Å². The van der Waals surface area contributed by atoms with E-state index in [1.807, 2.05) is 0 Å². The summed E-state index contributed by atoms with van der Waals surface area (Å²) >= 11 is 5.90. The first-order chi connectivity index (χ1) is 17.1. The molecule has 0 spiro atoms. The van der Waals surface area contributed by atoms with Crippen molar-refractivity contribution in [2.45, 2.75) is 17.4 Å². The van der Waals surface area contributed by atoms with Gasteiger partial charge in [-0.15, -0.1) is 13.2 Å². The van der Waals surface area contributed by atoms with Gasteiger partial charge in [-0.25, -0.2) is 13.1 Å². The number of anilines is 1. The van der Waals surface area contributed by atoms with Gasteiger partial charge in [-0.1, -0.05) is 17.7 Å². The fourth-order valence-electron chi connectivity index (χ4n) is 2.78. The van der Waals surface area contributed by atoms with E-state index in [-0.39, 0.29) is 10.6 Å². The van der Waals surface area contributed by atoms with Crippen LogP contribution in [0.3, 0.4) is 0 Å². The van der Waals surface area contributed by atoms with Crippen LogP contribution in [-0.2, 0) is 16.2 Å². The number of hydrogen-bond donors (Lipinski definition) is 2. The Bertz CT molecular complexity index is 1430. The Labute approximate surface area is 210 Å². The van der Waals surface area contributed by atoms with Gasteiger partial charge in [-0.05, 0) is 37.4 Å². The van der Waals surface area contributed by atoms with Gasteiger partial charge in [0, 0.05) is 24.0 Å². The molecule has 8 nitrogen and oxygen atoms in total. The van der Waals surface area contributed by atoms with Crippen LogP contribution in [0.5, 0.6) is 17.2 Å². The lowest BCUT2D eigenvalue weighted by Gasteiger charge is -2.15. The minimum atomic E-state index is -5.02. The number of alkyl halides is 6. The molecule has 0 aliphatic heterocycles. The standard InChI is InChI=1S/C21H14ClF6N3O5S/c1-29-37(33,34)13-4-2-3-11(7-13)31-19(32)14-10-30-18(20(23,24)25)9-17(14)35-16-6-5-12(8-15(16)22)36-21(26,27)28/h2-10,29H,1H3,(H,31,32). The molecule has 2 aromatic carbocycles. The summed E-state index contributed by atoms with van der Waals surface area (Å²) < 4.78 is 112. The highest BCUT2D eigenvalue weighted by molar-refractivity contribution is 7.89. The maximum Gasteiger partial charge on any atom is 0.573 e. The van der Waals surface area contributed by atoms with E-state index >= 15 is 0 Å². The highest BCUT2D eigenvalue weighted by atomic mass is 35.5. The second-order valence-electron chi connectivity index (χ2n) is 7.00. The van der Waals surface area contributed by atoms with Crippen LogP contribution in [0, 0.1) is 0 Å². The molecule has 3 rings (SSSR count). The number of hydrogen-bond acceptors (Lipinski definition) is 6. The van der Waals surface area contributed by atoms with Crippen molar-refractivity contribution in [1.82, 2.24) is 9.71 Å². The Kier molecular flexibility index (Phi) is 7.90. The van der Waals surface area contributed by atoms with Gasteiger partial charge in [0.25, 0.3) is 5.91 Å². The molecule has 3 aromatic rings. The zero-order chi connectivity index (χ0) is 27.6. The average Bonchev–Trinajstić information content (AvgIpc) is 2.79. The molecular formula is C21H14ClF6N3O5S. The Morgan fingerprint density at radius 1 is 1.00 bits per heavy atom. The Morgan fingerprint density at radius 3 is 2.30 bits per heavy atom. The van der Waals surface area contributed by atoms with Crippen LogP contribution in [-0.4, -0.2) is 32.7 Å². The molecule has 0 fully saturated rings. The molecule has 0 aliphatic rings. The third-order valence-electron chi connectivity index (χ3n) is 4.43. The lowest BCUT2D eigenvalue weighted by molar-refractivity contribution is -0.274. The van der Waals surface area contributed by atoms with Crippen LogP contribution in [0.15, 0.2) is 59.6 Å². The molecule has 0 saturated carbocycles. The van der Waals surface area contributed by atoms with Gasteiger partial charge >= 0.3 is 12.5 Å². The van der Waals surface area contributed by atoms with E-state index in [0.717, 1.165) is 18.2 Å². The summed E-state index contributed by atoms with van der Waals surface area (Å²) in [7, 11) is -2.70. The molecule has 0 saturated heterocycles. The number of nitrogens with zero attached hydrogens (tertiary/aromatic N) is 1. The number of amides is 1. The summed E-state index contributed by atoms with van der Waals surface area (Å²) in [5.74, 6) is -2.84. The van der Waals surface area contributed by atoms with Crippen molar-refractivity contribution < 1.29 is 49.0 Å². The lowest BCUT2D eigenvalue weighted by atomic mass is 10.2. The fraction of sp³-hybridized carbons (Fsp3) is 0.143. The summed E-state index contributed by atoms with van der Waals surface area (Å²) in [4.78, 5) is 15.9. The van der Waals surface area contributed by atoms with Crippen molar-refractivity contribution in [2.24, 2.45) is 0 Å². The maximum atomic E-state index is 13.2. The van der Waals surface area contributed by atoms with E-state index in [4.69, 9.17) is 16.3 Å². The van der Waals surface area contributed by atoms with Crippen molar-refractivity contribution in [2.75, 3.05) is 12.4 Å². The number of rotatable bonds is 7. The molecule has 16 heteroatoms. The Hall–Kier alpha value is -3.56. The Morgan fingerprint density at radius 2 is 1.70 bits per heavy atom. The first-order valence-electron chi connectivity index (χ1n) is 9.74. The molecule has 0 radical (unpaired) electrons. The Balaban J connectivity index is 1.97. The van der Waals surface area contributed by atoms with E-state index in [9.17, 15) is 39.6 Å². The van der Waals surface area contributed by atoms with Gasteiger partial charge in [0.05, 0.1) is 9.92 Å². The summed E-state index contributed by atoms with van der Waals surface area (Å²) in [6.45, 7) is 0. The number of benzene rings is 2. The van der Waals surface area contributed by atoms with Crippen molar-refractivity contribution in [1.29, 1.82) is 0 Å². The molecule has 1 amide bonds. The van der Waals surface area contributed by atoms with Crippen LogP contribution < -0.4 is 19.5 Å². The molecule has 0 unspecified atom stereocenters. The van der Waals surface area contributed by atoms with Gasteiger partial charge in [-0.3, -0.25) is 9.78 Å². The minimum absolute atomic E-state index is 0.0288. The largest absolute Gasteiger partial charge is 0.573 e. The molecule has 2 N–H and O–H groups in total. The van der Waals surface area contributed by atoms with Gasteiger partial charge in [-0.2, -0.15) is 13.2 Å². The van der Waals surface area contributed by atoms with Crippen molar-refractivity contribution in [3.63, 3.8) is 0 Å². The molecule has 0 atom stereocenters. The van der Waals surface area contributed by atoms with E-state index in [2.05, 4.69) is 19.8 Å². The second-order valence-corrected chi connectivity index (χ2v) is 9.29. The van der Waals surface area contributed by atoms with Gasteiger partial charge in [0.15, 0.2) is 0 Å². The molecule has 1 heterocycles. The van der Waals surface area contributed by atoms with Gasteiger partial charge in [0.2, 0.25) is 10.0 Å². The van der Waals surface area contributed by atoms with Crippen LogP contribution >= 0.6 is 11.6 Å². The monoisotopic (exact) mass is 569 g/mol. The minimum Gasteiger partial charge on any atom is -0.455 e. The van der Waals surface area contributed by atoms with E-state index < -0.39 is 62.0 Å². The second kappa shape index (κ2) is 10.4. The quantitative estimate of drug-likeness (QED) is 0.359. The van der Waals surface area contributed by atoms with Crippen LogP contribution in [0.4, 0.5) is 32.0 Å². The van der Waals surface area contributed by atoms with Crippen LogP contribution in [0.25, 0.3) is 0 Å². The normalized spacial score (nSPS) is 12.2. The predicted octanol–water partition coefficient (Wildman–Crippen LogP) is 5.61. The number of pyridine rings is 1. The predicted molar refractivity (Wildman–Crippen MR) is 118 cm³/mol. The molecule has 0 bridgehead atoms. The SMILES string of the molecule is CNS(=O)(=O)c1cccc(NC(=O)c2cnc(C(F)(F)F)cc2Oc2ccc(OC(F)(F)F)cc2Cl)c1. The van der Waals surface area contributed by atoms with Gasteiger partial charge in [0.1, 0.15) is 28.5 Å². The lowest BCUT2D eigenvalue weighted by Crippen LogP contribution is -2.19. The highest BCUT2D eigenvalue weighted by Gasteiger charge is 2.34. The topological polar surface area (TPSA) is 107 Å². The molecular weight excluding hydrogens is 556 g/mol. The number of aromatic nitrogens is 1. The summed E-state index contributed by atoms with van der Waals surface area (Å²) in [6, 6.07) is 7.77. The molecule has 0 aliphatic carbocycles. The molecule has 198 valence electrons. The number of halogens is 7. The van der Waals surface area contributed by atoms with Crippen molar-refractivity contribution in [3.8, 4) is 17.2 Å². The summed E-state index contributed by atoms with van der Waals surface area (Å²) in [5.41, 5.74) is -1.99. The molecule has 37 heavy (non-hydrogen) atoms. The summed E-state index contributed by atoms with van der Waals surface area (Å²) in [6.07, 6.45) is -9.39. The number of carbonyl (C=O) groups excluding carboxylic acids is 1. The van der Waals surface area contributed by atoms with Crippen LogP contribution in [0.1, 0.15) is 16.1 Å². The maximum absolute atomic E-state index is 13.2. The first kappa shape index (κ1) is 28.0. The number of sulfonamides is 1. The van der Waals surface area contributed by atoms with E-state index in [1.54, 1.807) is 0 Å². The first-order valence-corrected chi connectivity index (χ1v) is 11.6. The van der Waals surface area contributed by atoms with Crippen LogP contribution in [0.2, 0.25) is 5.02 Å². The number of nitrogens with one attached hydrogen (secondary N) is 2. The zero-order valence-corrected chi connectivity index (χ0v) is 19.8. The van der Waals surface area contributed by atoms with Crippen molar-refractivity contribution >= 4 is 33.2 Å². The van der Waals surface area contributed by atoms with Gasteiger partial charge < -0.3 is 14.8 Å². The smallest absolute Gasteiger partial charge is 0.455 e.